The second kappa shape index (κ2) is 11.0. The van der Waals surface area contributed by atoms with E-state index in [1.54, 1.807) is 24.6 Å². The van der Waals surface area contributed by atoms with Crippen molar-refractivity contribution in [3.8, 4) is 0 Å². The fraction of sp³-hybridized carbons (Fsp3) is 0.400. The quantitative estimate of drug-likeness (QED) is 0.499. The molecule has 0 aliphatic carbocycles. The molecular weight excluding hydrogens is 448 g/mol. The molecule has 1 aromatic carbocycles. The van der Waals surface area contributed by atoms with Crippen LogP contribution in [-0.2, 0) is 16.1 Å². The molecule has 2 N–H and O–H groups in total. The van der Waals surface area contributed by atoms with E-state index in [1.165, 1.54) is 0 Å². The van der Waals surface area contributed by atoms with E-state index in [0.717, 1.165) is 5.56 Å². The summed E-state index contributed by atoms with van der Waals surface area (Å²) in [6.45, 7) is 5.10. The zero-order valence-corrected chi connectivity index (χ0v) is 19.9. The molecule has 2 aromatic heterocycles. The van der Waals surface area contributed by atoms with Crippen LogP contribution >= 0.6 is 0 Å². The van der Waals surface area contributed by atoms with E-state index >= 15 is 0 Å². The Labute approximate surface area is 203 Å². The Morgan fingerprint density at radius 2 is 1.89 bits per heavy atom. The lowest BCUT2D eigenvalue weighted by atomic mass is 10.1. The summed E-state index contributed by atoms with van der Waals surface area (Å²) >= 11 is 0. The first kappa shape index (κ1) is 24.2. The minimum absolute atomic E-state index is 0.0747. The van der Waals surface area contributed by atoms with Gasteiger partial charge in [0.25, 0.3) is 5.56 Å². The summed E-state index contributed by atoms with van der Waals surface area (Å²) in [7, 11) is 0. The largest absolute Gasteiger partial charge is 0.464 e. The number of fused-ring (bicyclic) bond motifs is 1. The number of benzene rings is 1. The van der Waals surface area contributed by atoms with Crippen LogP contribution in [0.3, 0.4) is 0 Å². The molecule has 4 rings (SSSR count). The number of nitrogens with one attached hydrogen (secondary N) is 2. The molecule has 1 saturated heterocycles. The minimum atomic E-state index is -0.728. The molecule has 1 aliphatic heterocycles. The highest BCUT2D eigenvalue weighted by Crippen LogP contribution is 2.18. The highest BCUT2D eigenvalue weighted by Gasteiger charge is 2.26. The number of rotatable bonds is 7. The smallest absolute Gasteiger partial charge is 0.328 e. The van der Waals surface area contributed by atoms with Crippen molar-refractivity contribution in [2.75, 3.05) is 24.6 Å². The van der Waals surface area contributed by atoms with Crippen LogP contribution in [0.4, 0.5) is 10.6 Å². The Bertz CT molecular complexity index is 1240. The first-order chi connectivity index (χ1) is 17.0. The summed E-state index contributed by atoms with van der Waals surface area (Å²) < 4.78 is 6.58. The standard InChI is InChI=1S/C25H30N6O4/c1-3-35-24(33)17(2)27-25(34)28-19-11-14-30(15-12-19)22-23(32)31(16-18-8-5-4-6-9-18)21-20(29-22)10-7-13-26-21/h4-10,13,17,19H,3,11-12,14-16H2,1-2H3,(H2,27,28,34)/t17-/m0/s1. The van der Waals surface area contributed by atoms with Gasteiger partial charge in [-0.15, -0.1) is 0 Å². The average Bonchev–Trinajstić information content (AvgIpc) is 2.87. The number of esters is 1. The third-order valence-electron chi connectivity index (χ3n) is 5.99. The van der Waals surface area contributed by atoms with E-state index < -0.39 is 18.0 Å². The van der Waals surface area contributed by atoms with E-state index in [9.17, 15) is 14.4 Å². The number of hydrogen-bond donors (Lipinski definition) is 2. The number of aromatic nitrogens is 3. The van der Waals surface area contributed by atoms with Gasteiger partial charge in [-0.1, -0.05) is 30.3 Å². The predicted molar refractivity (Wildman–Crippen MR) is 132 cm³/mol. The van der Waals surface area contributed by atoms with Crippen molar-refractivity contribution >= 4 is 29.0 Å². The van der Waals surface area contributed by atoms with Crippen molar-refractivity contribution in [3.63, 3.8) is 0 Å². The molecule has 10 nitrogen and oxygen atoms in total. The molecule has 2 amide bonds. The monoisotopic (exact) mass is 478 g/mol. The number of ether oxygens (including phenoxy) is 1. The number of anilines is 1. The van der Waals surface area contributed by atoms with Crippen LogP contribution in [0.1, 0.15) is 32.3 Å². The van der Waals surface area contributed by atoms with Crippen LogP contribution in [0.5, 0.6) is 0 Å². The molecule has 0 unspecified atom stereocenters. The molecule has 1 atom stereocenters. The number of piperidine rings is 1. The highest BCUT2D eigenvalue weighted by atomic mass is 16.5. The van der Waals surface area contributed by atoms with Gasteiger partial charge in [-0.3, -0.25) is 9.36 Å². The number of carbonyl (C=O) groups excluding carboxylic acids is 2. The van der Waals surface area contributed by atoms with Crippen LogP contribution < -0.4 is 21.1 Å². The van der Waals surface area contributed by atoms with E-state index in [4.69, 9.17) is 4.74 Å². The van der Waals surface area contributed by atoms with Crippen LogP contribution in [0.2, 0.25) is 0 Å². The lowest BCUT2D eigenvalue weighted by Crippen LogP contribution is -2.51. The zero-order chi connectivity index (χ0) is 24.8. The van der Waals surface area contributed by atoms with E-state index in [-0.39, 0.29) is 18.2 Å². The van der Waals surface area contributed by atoms with Crippen molar-refractivity contribution in [3.05, 3.63) is 64.6 Å². The normalized spacial score (nSPS) is 15.0. The topological polar surface area (TPSA) is 118 Å². The second-order valence-electron chi connectivity index (χ2n) is 8.51. The SMILES string of the molecule is CCOC(=O)[C@H](C)NC(=O)NC1CCN(c2nc3cccnc3n(Cc3ccccc3)c2=O)CC1. The molecule has 0 saturated carbocycles. The third kappa shape index (κ3) is 5.76. The molecule has 1 aliphatic rings. The van der Waals surface area contributed by atoms with Gasteiger partial charge in [0.2, 0.25) is 0 Å². The molecule has 10 heteroatoms. The average molecular weight is 479 g/mol. The Morgan fingerprint density at radius 1 is 1.14 bits per heavy atom. The summed E-state index contributed by atoms with van der Waals surface area (Å²) in [6, 6.07) is 12.2. The first-order valence-electron chi connectivity index (χ1n) is 11.8. The molecule has 0 radical (unpaired) electrons. The van der Waals surface area contributed by atoms with Gasteiger partial charge in [-0.25, -0.2) is 19.6 Å². The summed E-state index contributed by atoms with van der Waals surface area (Å²) in [6.07, 6.45) is 2.95. The lowest BCUT2D eigenvalue weighted by molar-refractivity contribution is -0.144. The Hall–Kier alpha value is -3.95. The van der Waals surface area contributed by atoms with Gasteiger partial charge in [0.15, 0.2) is 11.5 Å². The maximum Gasteiger partial charge on any atom is 0.328 e. The van der Waals surface area contributed by atoms with Crippen molar-refractivity contribution < 1.29 is 14.3 Å². The number of carbonyl (C=O) groups is 2. The minimum Gasteiger partial charge on any atom is -0.464 e. The van der Waals surface area contributed by atoms with Crippen molar-refractivity contribution in [2.45, 2.75) is 45.3 Å². The predicted octanol–water partition coefficient (Wildman–Crippen LogP) is 2.06. The van der Waals surface area contributed by atoms with Crippen LogP contribution in [0.25, 0.3) is 11.2 Å². The Kier molecular flexibility index (Phi) is 7.59. The van der Waals surface area contributed by atoms with Gasteiger partial charge in [-0.05, 0) is 44.4 Å². The molecule has 3 aromatic rings. The van der Waals surface area contributed by atoms with Gasteiger partial charge in [0, 0.05) is 25.3 Å². The Morgan fingerprint density at radius 3 is 2.60 bits per heavy atom. The van der Waals surface area contributed by atoms with Gasteiger partial charge in [0.05, 0.1) is 13.2 Å². The van der Waals surface area contributed by atoms with Crippen molar-refractivity contribution in [2.24, 2.45) is 0 Å². The molecule has 35 heavy (non-hydrogen) atoms. The van der Waals surface area contributed by atoms with Crippen LogP contribution in [-0.4, -0.2) is 58.3 Å². The molecule has 3 heterocycles. The zero-order valence-electron chi connectivity index (χ0n) is 19.9. The van der Waals surface area contributed by atoms with E-state index in [2.05, 4.69) is 20.6 Å². The lowest BCUT2D eigenvalue weighted by Gasteiger charge is -2.33. The summed E-state index contributed by atoms with van der Waals surface area (Å²) in [5.74, 6) is -0.0821. The van der Waals surface area contributed by atoms with Gasteiger partial charge in [0.1, 0.15) is 11.6 Å². The van der Waals surface area contributed by atoms with E-state index in [0.29, 0.717) is 49.5 Å². The van der Waals surface area contributed by atoms with Crippen molar-refractivity contribution in [1.82, 2.24) is 25.2 Å². The first-order valence-corrected chi connectivity index (χ1v) is 11.8. The maximum atomic E-state index is 13.5. The fourth-order valence-corrected chi connectivity index (χ4v) is 4.17. The number of hydrogen-bond acceptors (Lipinski definition) is 7. The van der Waals surface area contributed by atoms with Gasteiger partial charge in [-0.2, -0.15) is 0 Å². The second-order valence-corrected chi connectivity index (χ2v) is 8.51. The number of nitrogens with zero attached hydrogens (tertiary/aromatic N) is 4. The van der Waals surface area contributed by atoms with Crippen LogP contribution in [0.15, 0.2) is 53.5 Å². The van der Waals surface area contributed by atoms with Crippen molar-refractivity contribution in [1.29, 1.82) is 0 Å². The number of pyridine rings is 1. The molecular formula is C25H30N6O4. The fourth-order valence-electron chi connectivity index (χ4n) is 4.17. The Balaban J connectivity index is 1.45. The third-order valence-corrected chi connectivity index (χ3v) is 5.99. The van der Waals surface area contributed by atoms with Gasteiger partial charge < -0.3 is 20.3 Å². The number of amides is 2. The molecule has 0 bridgehead atoms. The van der Waals surface area contributed by atoms with Crippen LogP contribution in [0, 0.1) is 0 Å². The molecule has 184 valence electrons. The molecule has 0 spiro atoms. The highest BCUT2D eigenvalue weighted by molar-refractivity contribution is 5.83. The van der Waals surface area contributed by atoms with Gasteiger partial charge >= 0.3 is 12.0 Å². The summed E-state index contributed by atoms with van der Waals surface area (Å²) in [5.41, 5.74) is 2.02. The number of urea groups is 1. The van der Waals surface area contributed by atoms with E-state index in [1.807, 2.05) is 47.4 Å². The maximum absolute atomic E-state index is 13.5. The molecule has 1 fully saturated rings. The summed E-state index contributed by atoms with van der Waals surface area (Å²) in [4.78, 5) is 48.5. The summed E-state index contributed by atoms with van der Waals surface area (Å²) in [5, 5.41) is 5.51.